The molecular formula is C18H19BrN2O5. The van der Waals surface area contributed by atoms with E-state index in [0.29, 0.717) is 21.5 Å². The molecule has 0 spiro atoms. The van der Waals surface area contributed by atoms with Crippen molar-refractivity contribution in [2.75, 3.05) is 20.8 Å². The average molecular weight is 423 g/mol. The first-order chi connectivity index (χ1) is 12.4. The minimum atomic E-state index is -0.787. The molecule has 138 valence electrons. The molecule has 1 aromatic carbocycles. The highest BCUT2D eigenvalue weighted by Crippen LogP contribution is 2.45. The first kappa shape index (κ1) is 19.7. The smallest absolute Gasteiger partial charge is 0.338 e. The molecule has 0 aromatic heterocycles. The van der Waals surface area contributed by atoms with Crippen molar-refractivity contribution in [3.63, 3.8) is 0 Å². The van der Waals surface area contributed by atoms with Gasteiger partial charge in [0, 0.05) is 11.6 Å². The molecular weight excluding hydrogens is 404 g/mol. The number of esters is 1. The maximum atomic E-state index is 12.6. The number of carbonyl (C=O) groups is 1. The van der Waals surface area contributed by atoms with Crippen LogP contribution in [-0.2, 0) is 14.3 Å². The van der Waals surface area contributed by atoms with Gasteiger partial charge in [0.1, 0.15) is 28.9 Å². The summed E-state index contributed by atoms with van der Waals surface area (Å²) >= 11 is 3.42. The third-order valence-electron chi connectivity index (χ3n) is 3.92. The maximum absolute atomic E-state index is 12.6. The van der Waals surface area contributed by atoms with Crippen LogP contribution in [0.15, 0.2) is 39.4 Å². The van der Waals surface area contributed by atoms with Crippen LogP contribution < -0.4 is 15.2 Å². The number of rotatable bonds is 5. The molecule has 26 heavy (non-hydrogen) atoms. The molecule has 8 heteroatoms. The fourth-order valence-electron chi connectivity index (χ4n) is 2.77. The Hall–Kier alpha value is -2.66. The Morgan fingerprint density at radius 2 is 2.00 bits per heavy atom. The molecule has 0 aliphatic carbocycles. The van der Waals surface area contributed by atoms with E-state index in [-0.39, 0.29) is 29.4 Å². The second-order valence-electron chi connectivity index (χ2n) is 5.34. The Labute approximate surface area is 160 Å². The zero-order chi connectivity index (χ0) is 19.4. The third kappa shape index (κ3) is 3.48. The number of ether oxygens (including phenoxy) is 4. The predicted octanol–water partition coefficient (Wildman–Crippen LogP) is 3.11. The van der Waals surface area contributed by atoms with Crippen molar-refractivity contribution >= 4 is 21.9 Å². The highest BCUT2D eigenvalue weighted by atomic mass is 79.9. The molecule has 0 radical (unpaired) electrons. The third-order valence-corrected chi connectivity index (χ3v) is 4.54. The Balaban J connectivity index is 2.75. The van der Waals surface area contributed by atoms with E-state index >= 15 is 0 Å². The van der Waals surface area contributed by atoms with Gasteiger partial charge in [-0.05, 0) is 35.8 Å². The summed E-state index contributed by atoms with van der Waals surface area (Å²) in [5, 5.41) is 9.62. The standard InChI is InChI=1S/C18H19BrN2O5/c1-5-25-18(22)15-9(2)26-17(21)11(8-20)16(15)10-6-12(19)14(24-4)7-13(10)23-3/h6-7,16H,5,21H2,1-4H3/t16-/m0/s1. The molecule has 2 N–H and O–H groups in total. The van der Waals surface area contributed by atoms with Crippen molar-refractivity contribution in [1.29, 1.82) is 5.26 Å². The summed E-state index contributed by atoms with van der Waals surface area (Å²) in [7, 11) is 3.02. The van der Waals surface area contributed by atoms with Gasteiger partial charge in [0.2, 0.25) is 5.88 Å². The highest BCUT2D eigenvalue weighted by molar-refractivity contribution is 9.10. The minimum Gasteiger partial charge on any atom is -0.496 e. The van der Waals surface area contributed by atoms with Crippen LogP contribution in [0.25, 0.3) is 0 Å². The Morgan fingerprint density at radius 3 is 2.54 bits per heavy atom. The second kappa shape index (κ2) is 8.15. The Bertz CT molecular complexity index is 839. The van der Waals surface area contributed by atoms with Gasteiger partial charge < -0.3 is 24.7 Å². The molecule has 0 fully saturated rings. The van der Waals surface area contributed by atoms with Gasteiger partial charge in [-0.15, -0.1) is 0 Å². The molecule has 0 saturated carbocycles. The van der Waals surface area contributed by atoms with Crippen molar-refractivity contribution in [1.82, 2.24) is 0 Å². The number of hydrogen-bond acceptors (Lipinski definition) is 7. The summed E-state index contributed by atoms with van der Waals surface area (Å²) in [6.45, 7) is 3.49. The van der Waals surface area contributed by atoms with Crippen LogP contribution in [0, 0.1) is 11.3 Å². The van der Waals surface area contributed by atoms with Crippen LogP contribution in [0.5, 0.6) is 11.5 Å². The number of hydrogen-bond donors (Lipinski definition) is 1. The van der Waals surface area contributed by atoms with E-state index in [1.807, 2.05) is 6.07 Å². The van der Waals surface area contributed by atoms with E-state index in [9.17, 15) is 10.1 Å². The number of halogens is 1. The van der Waals surface area contributed by atoms with Crippen LogP contribution in [0.4, 0.5) is 0 Å². The fraction of sp³-hybridized carbons (Fsp3) is 0.333. The first-order valence-electron chi connectivity index (χ1n) is 7.76. The number of benzene rings is 1. The van der Waals surface area contributed by atoms with Crippen LogP contribution in [0.2, 0.25) is 0 Å². The lowest BCUT2D eigenvalue weighted by molar-refractivity contribution is -0.139. The molecule has 1 atom stereocenters. The summed E-state index contributed by atoms with van der Waals surface area (Å²) in [5.74, 6) is -0.163. The van der Waals surface area contributed by atoms with Crippen LogP contribution in [-0.4, -0.2) is 26.8 Å². The number of allylic oxidation sites excluding steroid dienone is 2. The topological polar surface area (TPSA) is 104 Å². The summed E-state index contributed by atoms with van der Waals surface area (Å²) in [4.78, 5) is 12.6. The lowest BCUT2D eigenvalue weighted by Crippen LogP contribution is -2.26. The van der Waals surface area contributed by atoms with Gasteiger partial charge in [0.15, 0.2) is 0 Å². The summed E-state index contributed by atoms with van der Waals surface area (Å²) < 4.78 is 21.9. The van der Waals surface area contributed by atoms with Crippen molar-refractivity contribution in [3.8, 4) is 17.6 Å². The number of nitrogens with two attached hydrogens (primary N) is 1. The molecule has 1 aromatic rings. The van der Waals surface area contributed by atoms with Gasteiger partial charge in [-0.1, -0.05) is 0 Å². The van der Waals surface area contributed by atoms with Crippen LogP contribution >= 0.6 is 15.9 Å². The Kier molecular flexibility index (Phi) is 6.16. The van der Waals surface area contributed by atoms with Crippen LogP contribution in [0.3, 0.4) is 0 Å². The van der Waals surface area contributed by atoms with Crippen LogP contribution in [0.1, 0.15) is 25.3 Å². The Morgan fingerprint density at radius 1 is 1.35 bits per heavy atom. The molecule has 2 rings (SSSR count). The predicted molar refractivity (Wildman–Crippen MR) is 97.2 cm³/mol. The van der Waals surface area contributed by atoms with Crippen molar-refractivity contribution in [2.24, 2.45) is 5.73 Å². The number of nitriles is 1. The molecule has 0 amide bonds. The molecule has 1 heterocycles. The van der Waals surface area contributed by atoms with Gasteiger partial charge in [0.05, 0.1) is 36.8 Å². The zero-order valence-electron chi connectivity index (χ0n) is 14.9. The number of carbonyl (C=O) groups excluding carboxylic acids is 1. The van der Waals surface area contributed by atoms with Gasteiger partial charge in [-0.3, -0.25) is 0 Å². The number of nitrogens with zero attached hydrogens (tertiary/aromatic N) is 1. The largest absolute Gasteiger partial charge is 0.496 e. The molecule has 1 aliphatic heterocycles. The van der Waals surface area contributed by atoms with E-state index in [1.165, 1.54) is 14.2 Å². The molecule has 7 nitrogen and oxygen atoms in total. The SMILES string of the molecule is CCOC(=O)C1=C(C)OC(N)=C(C#N)[C@@H]1c1cc(Br)c(OC)cc1OC. The summed E-state index contributed by atoms with van der Waals surface area (Å²) in [5.41, 5.74) is 6.77. The van der Waals surface area contributed by atoms with Crippen molar-refractivity contribution < 1.29 is 23.7 Å². The molecule has 0 bridgehead atoms. The van der Waals surface area contributed by atoms with Gasteiger partial charge in [-0.2, -0.15) is 5.26 Å². The van der Waals surface area contributed by atoms with Gasteiger partial charge in [0.25, 0.3) is 0 Å². The van der Waals surface area contributed by atoms with E-state index in [1.54, 1.807) is 26.0 Å². The van der Waals surface area contributed by atoms with Crippen molar-refractivity contribution in [2.45, 2.75) is 19.8 Å². The molecule has 1 aliphatic rings. The zero-order valence-corrected chi connectivity index (χ0v) is 16.5. The normalized spacial score (nSPS) is 16.7. The van der Waals surface area contributed by atoms with E-state index in [4.69, 9.17) is 24.7 Å². The van der Waals surface area contributed by atoms with E-state index in [0.717, 1.165) is 0 Å². The van der Waals surface area contributed by atoms with Gasteiger partial charge >= 0.3 is 5.97 Å². The van der Waals surface area contributed by atoms with Gasteiger partial charge in [-0.25, -0.2) is 4.79 Å². The molecule has 0 saturated heterocycles. The second-order valence-corrected chi connectivity index (χ2v) is 6.20. The summed E-state index contributed by atoms with van der Waals surface area (Å²) in [6, 6.07) is 5.43. The lowest BCUT2D eigenvalue weighted by Gasteiger charge is -2.28. The molecule has 0 unspecified atom stereocenters. The maximum Gasteiger partial charge on any atom is 0.338 e. The lowest BCUT2D eigenvalue weighted by atomic mass is 9.82. The fourth-order valence-corrected chi connectivity index (χ4v) is 3.30. The monoisotopic (exact) mass is 422 g/mol. The summed E-state index contributed by atoms with van der Waals surface area (Å²) in [6.07, 6.45) is 0. The van der Waals surface area contributed by atoms with E-state index < -0.39 is 11.9 Å². The van der Waals surface area contributed by atoms with Crippen molar-refractivity contribution in [3.05, 3.63) is 45.0 Å². The quantitative estimate of drug-likeness (QED) is 0.726. The minimum absolute atomic E-state index is 0.0583. The van der Waals surface area contributed by atoms with E-state index in [2.05, 4.69) is 15.9 Å². The highest BCUT2D eigenvalue weighted by Gasteiger charge is 2.38. The number of methoxy groups -OCH3 is 2. The average Bonchev–Trinajstić information content (AvgIpc) is 2.61. The first-order valence-corrected chi connectivity index (χ1v) is 8.55.